The van der Waals surface area contributed by atoms with Gasteiger partial charge >= 0.3 is 5.97 Å². The van der Waals surface area contributed by atoms with Crippen LogP contribution in [-0.2, 0) is 9.53 Å². The van der Waals surface area contributed by atoms with Crippen molar-refractivity contribution in [2.75, 3.05) is 20.2 Å². The maximum absolute atomic E-state index is 11.2. The fraction of sp³-hybridized carbons (Fsp3) is 0.909. The monoisotopic (exact) mass is 201 g/mol. The van der Waals surface area contributed by atoms with Crippen LogP contribution in [0.15, 0.2) is 0 Å². The minimum atomic E-state index is -0.115. The molecule has 0 saturated carbocycles. The van der Waals surface area contributed by atoms with Crippen LogP contribution in [0.2, 0.25) is 0 Å². The maximum Gasteiger partial charge on any atom is 0.307 e. The summed E-state index contributed by atoms with van der Waals surface area (Å²) in [6.45, 7) is 10.5. The first-order valence-electron chi connectivity index (χ1n) is 5.37. The van der Waals surface area contributed by atoms with E-state index in [1.165, 1.54) is 7.11 Å². The Kier molecular flexibility index (Phi) is 6.54. The summed E-state index contributed by atoms with van der Waals surface area (Å²) in [5.41, 5.74) is 0. The molecule has 0 saturated heterocycles. The van der Waals surface area contributed by atoms with Gasteiger partial charge in [-0.05, 0) is 19.0 Å². The van der Waals surface area contributed by atoms with Crippen molar-refractivity contribution in [2.45, 2.75) is 40.2 Å². The lowest BCUT2D eigenvalue weighted by Crippen LogP contribution is -2.40. The van der Waals surface area contributed by atoms with E-state index in [2.05, 4.69) is 32.6 Å². The van der Waals surface area contributed by atoms with Crippen LogP contribution in [0.1, 0.15) is 34.1 Å². The number of ether oxygens (including phenoxy) is 1. The number of hydrogen-bond donors (Lipinski definition) is 0. The molecule has 0 fully saturated rings. The number of rotatable bonds is 6. The Balaban J connectivity index is 4.34. The predicted octanol–water partition coefficient (Wildman–Crippen LogP) is 1.92. The van der Waals surface area contributed by atoms with Crippen LogP contribution < -0.4 is 0 Å². The van der Waals surface area contributed by atoms with Gasteiger partial charge in [0.05, 0.1) is 13.5 Å². The Morgan fingerprint density at radius 1 is 1.29 bits per heavy atom. The molecule has 0 aliphatic carbocycles. The lowest BCUT2D eigenvalue weighted by atomic mass is 9.99. The standard InChI is InChI=1S/C11H23NO2/c1-6-12(7-2)10(9(3)4)8-11(13)14-5/h9-10H,6-8H2,1-5H3/t10-/m1/s1. The lowest BCUT2D eigenvalue weighted by molar-refractivity contribution is -0.142. The number of hydrogen-bond acceptors (Lipinski definition) is 3. The molecule has 3 heteroatoms. The number of methoxy groups -OCH3 is 1. The second-order valence-electron chi connectivity index (χ2n) is 3.81. The highest BCUT2D eigenvalue weighted by Crippen LogP contribution is 2.14. The van der Waals surface area contributed by atoms with E-state index in [0.717, 1.165) is 13.1 Å². The topological polar surface area (TPSA) is 29.5 Å². The normalized spacial score (nSPS) is 13.4. The quantitative estimate of drug-likeness (QED) is 0.615. The van der Waals surface area contributed by atoms with Crippen molar-refractivity contribution in [3.63, 3.8) is 0 Å². The third-order valence-corrected chi connectivity index (χ3v) is 2.65. The third-order valence-electron chi connectivity index (χ3n) is 2.65. The molecule has 14 heavy (non-hydrogen) atoms. The van der Waals surface area contributed by atoms with Crippen molar-refractivity contribution in [3.8, 4) is 0 Å². The van der Waals surface area contributed by atoms with Gasteiger partial charge in [0.2, 0.25) is 0 Å². The van der Waals surface area contributed by atoms with Gasteiger partial charge in [-0.3, -0.25) is 4.79 Å². The summed E-state index contributed by atoms with van der Waals surface area (Å²) in [4.78, 5) is 13.5. The minimum absolute atomic E-state index is 0.115. The largest absolute Gasteiger partial charge is 0.469 e. The highest BCUT2D eigenvalue weighted by molar-refractivity contribution is 5.69. The number of nitrogens with zero attached hydrogens (tertiary/aromatic N) is 1. The molecule has 0 aliphatic heterocycles. The molecule has 0 heterocycles. The number of esters is 1. The Hall–Kier alpha value is -0.570. The highest BCUT2D eigenvalue weighted by Gasteiger charge is 2.22. The zero-order chi connectivity index (χ0) is 11.1. The molecule has 0 amide bonds. The fourth-order valence-corrected chi connectivity index (χ4v) is 1.73. The van der Waals surface area contributed by atoms with E-state index in [1.807, 2.05) is 0 Å². The first-order valence-corrected chi connectivity index (χ1v) is 5.37. The highest BCUT2D eigenvalue weighted by atomic mass is 16.5. The molecule has 0 bridgehead atoms. The van der Waals surface area contributed by atoms with Crippen LogP contribution in [0.4, 0.5) is 0 Å². The van der Waals surface area contributed by atoms with E-state index in [9.17, 15) is 4.79 Å². The van der Waals surface area contributed by atoms with Gasteiger partial charge in [0.15, 0.2) is 0 Å². The molecule has 0 aromatic carbocycles. The van der Waals surface area contributed by atoms with Crippen molar-refractivity contribution in [3.05, 3.63) is 0 Å². The van der Waals surface area contributed by atoms with E-state index >= 15 is 0 Å². The summed E-state index contributed by atoms with van der Waals surface area (Å²) in [6, 6.07) is 0.303. The molecule has 84 valence electrons. The van der Waals surface area contributed by atoms with E-state index in [0.29, 0.717) is 18.4 Å². The Labute approximate surface area is 87.4 Å². The van der Waals surface area contributed by atoms with E-state index in [-0.39, 0.29) is 5.97 Å². The van der Waals surface area contributed by atoms with E-state index < -0.39 is 0 Å². The Bertz CT molecular complexity index is 165. The number of carbonyl (C=O) groups excluding carboxylic acids is 1. The van der Waals surface area contributed by atoms with Crippen molar-refractivity contribution in [1.29, 1.82) is 0 Å². The zero-order valence-electron chi connectivity index (χ0n) is 10.0. The molecule has 0 aliphatic rings. The minimum Gasteiger partial charge on any atom is -0.469 e. The number of carbonyl (C=O) groups is 1. The van der Waals surface area contributed by atoms with Crippen LogP contribution in [0.25, 0.3) is 0 Å². The van der Waals surface area contributed by atoms with Gasteiger partial charge < -0.3 is 9.64 Å². The van der Waals surface area contributed by atoms with Gasteiger partial charge in [0.1, 0.15) is 0 Å². The smallest absolute Gasteiger partial charge is 0.307 e. The zero-order valence-corrected chi connectivity index (χ0v) is 10.0. The average molecular weight is 201 g/mol. The first kappa shape index (κ1) is 13.4. The second kappa shape index (κ2) is 6.82. The molecular formula is C11H23NO2. The van der Waals surface area contributed by atoms with Crippen molar-refractivity contribution < 1.29 is 9.53 Å². The average Bonchev–Trinajstić information content (AvgIpc) is 2.17. The van der Waals surface area contributed by atoms with Crippen molar-refractivity contribution in [2.24, 2.45) is 5.92 Å². The third kappa shape index (κ3) is 4.09. The summed E-state index contributed by atoms with van der Waals surface area (Å²) < 4.78 is 4.70. The van der Waals surface area contributed by atoms with Crippen LogP contribution in [0.5, 0.6) is 0 Å². The lowest BCUT2D eigenvalue weighted by Gasteiger charge is -2.31. The molecule has 0 N–H and O–H groups in total. The maximum atomic E-state index is 11.2. The summed E-state index contributed by atoms with van der Waals surface area (Å²) in [5, 5.41) is 0. The second-order valence-corrected chi connectivity index (χ2v) is 3.81. The van der Waals surface area contributed by atoms with Gasteiger partial charge in [0, 0.05) is 6.04 Å². The van der Waals surface area contributed by atoms with Gasteiger partial charge in [0.25, 0.3) is 0 Å². The summed E-state index contributed by atoms with van der Waals surface area (Å²) in [5.74, 6) is 0.365. The van der Waals surface area contributed by atoms with Crippen molar-refractivity contribution >= 4 is 5.97 Å². The van der Waals surface area contributed by atoms with Crippen LogP contribution >= 0.6 is 0 Å². The Morgan fingerprint density at radius 3 is 2.07 bits per heavy atom. The SMILES string of the molecule is CCN(CC)[C@H](CC(=O)OC)C(C)C. The summed E-state index contributed by atoms with van der Waals surface area (Å²) in [6.07, 6.45) is 0.496. The van der Waals surface area contributed by atoms with Crippen molar-refractivity contribution in [1.82, 2.24) is 4.90 Å². The van der Waals surface area contributed by atoms with E-state index in [1.54, 1.807) is 0 Å². The van der Waals surface area contributed by atoms with Gasteiger partial charge in [-0.1, -0.05) is 27.7 Å². The molecule has 0 rings (SSSR count). The van der Waals surface area contributed by atoms with Gasteiger partial charge in [-0.25, -0.2) is 0 Å². The first-order chi connectivity index (χ1) is 6.56. The van der Waals surface area contributed by atoms with Gasteiger partial charge in [-0.15, -0.1) is 0 Å². The molecule has 0 aromatic heterocycles. The molecular weight excluding hydrogens is 178 g/mol. The Morgan fingerprint density at radius 2 is 1.79 bits per heavy atom. The van der Waals surface area contributed by atoms with Crippen LogP contribution in [0.3, 0.4) is 0 Å². The molecule has 3 nitrogen and oxygen atoms in total. The summed E-state index contributed by atoms with van der Waals surface area (Å²) >= 11 is 0. The molecule has 1 atom stereocenters. The predicted molar refractivity (Wildman–Crippen MR) is 58.2 cm³/mol. The van der Waals surface area contributed by atoms with Crippen LogP contribution in [0, 0.1) is 5.92 Å². The van der Waals surface area contributed by atoms with E-state index in [4.69, 9.17) is 4.74 Å². The van der Waals surface area contributed by atoms with Gasteiger partial charge in [-0.2, -0.15) is 0 Å². The molecule has 0 unspecified atom stereocenters. The molecule has 0 spiro atoms. The molecule has 0 radical (unpaired) electrons. The van der Waals surface area contributed by atoms with Crippen LogP contribution in [-0.4, -0.2) is 37.1 Å². The molecule has 0 aromatic rings. The fourth-order valence-electron chi connectivity index (χ4n) is 1.73. The summed E-state index contributed by atoms with van der Waals surface area (Å²) in [7, 11) is 1.45.